The van der Waals surface area contributed by atoms with E-state index in [-0.39, 0.29) is 24.2 Å². The summed E-state index contributed by atoms with van der Waals surface area (Å²) in [5.41, 5.74) is 1.74. The molecule has 0 saturated heterocycles. The van der Waals surface area contributed by atoms with Crippen LogP contribution in [0.1, 0.15) is 35.9 Å². The minimum absolute atomic E-state index is 0.191. The van der Waals surface area contributed by atoms with E-state index in [0.717, 1.165) is 29.5 Å². The minimum Gasteiger partial charge on any atom is -0.490 e. The highest BCUT2D eigenvalue weighted by atomic mass is 19.2. The van der Waals surface area contributed by atoms with Gasteiger partial charge in [0.1, 0.15) is 11.6 Å². The van der Waals surface area contributed by atoms with Crippen LogP contribution in [0.3, 0.4) is 0 Å². The predicted octanol–water partition coefficient (Wildman–Crippen LogP) is 6.55. The van der Waals surface area contributed by atoms with Crippen molar-refractivity contribution < 1.29 is 22.3 Å². The van der Waals surface area contributed by atoms with Gasteiger partial charge in [-0.05, 0) is 59.9 Å². The summed E-state index contributed by atoms with van der Waals surface area (Å²) in [5, 5.41) is 1.24. The van der Waals surface area contributed by atoms with Crippen LogP contribution in [0.25, 0.3) is 10.8 Å². The molecule has 1 heterocycles. The quantitative estimate of drug-likeness (QED) is 0.207. The van der Waals surface area contributed by atoms with E-state index >= 15 is 4.39 Å². The van der Waals surface area contributed by atoms with Crippen molar-refractivity contribution in [3.8, 4) is 5.75 Å². The average molecular weight is 468 g/mol. The molecule has 0 bridgehead atoms. The SMILES string of the molecule is CCCOc1cnc(CCc2ccc3c(F)c(CCc4cc(F)c(F)c(F)c4)ccc3c2)nc1. The van der Waals surface area contributed by atoms with Crippen LogP contribution in [0.2, 0.25) is 0 Å². The lowest BCUT2D eigenvalue weighted by Crippen LogP contribution is -2.01. The third-order valence-electron chi connectivity index (χ3n) is 5.62. The molecule has 0 N–H and O–H groups in total. The molecule has 176 valence electrons. The van der Waals surface area contributed by atoms with E-state index in [2.05, 4.69) is 9.97 Å². The molecule has 0 unspecified atom stereocenters. The predicted molar refractivity (Wildman–Crippen MR) is 123 cm³/mol. The van der Waals surface area contributed by atoms with Crippen LogP contribution in [-0.2, 0) is 25.7 Å². The van der Waals surface area contributed by atoms with Crippen molar-refractivity contribution in [1.29, 1.82) is 0 Å². The first kappa shape index (κ1) is 23.7. The Balaban J connectivity index is 1.42. The second kappa shape index (κ2) is 10.6. The van der Waals surface area contributed by atoms with Gasteiger partial charge in [-0.2, -0.15) is 0 Å². The van der Waals surface area contributed by atoms with Crippen LogP contribution >= 0.6 is 0 Å². The molecule has 0 aliphatic rings. The molecule has 0 amide bonds. The van der Waals surface area contributed by atoms with Gasteiger partial charge in [0.2, 0.25) is 0 Å². The van der Waals surface area contributed by atoms with Gasteiger partial charge in [-0.25, -0.2) is 27.5 Å². The number of nitrogens with zero attached hydrogens (tertiary/aromatic N) is 2. The average Bonchev–Trinajstić information content (AvgIpc) is 2.85. The van der Waals surface area contributed by atoms with E-state index in [1.165, 1.54) is 0 Å². The second-order valence-corrected chi connectivity index (χ2v) is 8.15. The molecule has 3 aromatic carbocycles. The highest BCUT2D eigenvalue weighted by Gasteiger charge is 2.13. The summed E-state index contributed by atoms with van der Waals surface area (Å²) >= 11 is 0. The number of benzene rings is 3. The van der Waals surface area contributed by atoms with Gasteiger partial charge in [0.25, 0.3) is 0 Å². The summed E-state index contributed by atoms with van der Waals surface area (Å²) in [4.78, 5) is 8.66. The maximum atomic E-state index is 15.1. The Bertz CT molecular complexity index is 1270. The molecule has 0 spiro atoms. The number of aryl methyl sites for hydroxylation is 4. The Morgan fingerprint density at radius 2 is 1.44 bits per heavy atom. The van der Waals surface area contributed by atoms with Gasteiger partial charge in [0, 0.05) is 11.8 Å². The Kier molecular flexibility index (Phi) is 7.40. The maximum absolute atomic E-state index is 15.1. The van der Waals surface area contributed by atoms with Gasteiger partial charge >= 0.3 is 0 Å². The number of halogens is 4. The zero-order valence-corrected chi connectivity index (χ0v) is 18.8. The third-order valence-corrected chi connectivity index (χ3v) is 5.62. The number of aromatic nitrogens is 2. The third kappa shape index (κ3) is 5.53. The van der Waals surface area contributed by atoms with Gasteiger partial charge in [-0.15, -0.1) is 0 Å². The van der Waals surface area contributed by atoms with Crippen molar-refractivity contribution in [2.24, 2.45) is 0 Å². The fourth-order valence-corrected chi connectivity index (χ4v) is 3.79. The number of ether oxygens (including phenoxy) is 1. The smallest absolute Gasteiger partial charge is 0.194 e. The summed E-state index contributed by atoms with van der Waals surface area (Å²) in [6.45, 7) is 2.66. The van der Waals surface area contributed by atoms with Crippen molar-refractivity contribution in [3.63, 3.8) is 0 Å². The standard InChI is InChI=1S/C27H24F4N2O/c1-2-11-34-21-15-32-25(33-16-21)10-5-17-4-9-22-20(12-17)8-7-19(26(22)30)6-3-18-13-23(28)27(31)24(29)14-18/h4,7-9,12-16H,2-3,5-6,10-11H2,1H3. The Labute approximate surface area is 195 Å². The molecule has 0 atom stereocenters. The Morgan fingerprint density at radius 3 is 2.15 bits per heavy atom. The van der Waals surface area contributed by atoms with Crippen LogP contribution in [0, 0.1) is 23.3 Å². The second-order valence-electron chi connectivity index (χ2n) is 8.15. The van der Waals surface area contributed by atoms with Crippen LogP contribution in [0.5, 0.6) is 5.75 Å². The van der Waals surface area contributed by atoms with Crippen molar-refractivity contribution in [2.75, 3.05) is 6.61 Å². The molecule has 34 heavy (non-hydrogen) atoms. The fourth-order valence-electron chi connectivity index (χ4n) is 3.79. The molecular weight excluding hydrogens is 444 g/mol. The van der Waals surface area contributed by atoms with Gasteiger partial charge in [0.15, 0.2) is 23.2 Å². The summed E-state index contributed by atoms with van der Waals surface area (Å²) in [6.07, 6.45) is 6.04. The van der Waals surface area contributed by atoms with Gasteiger partial charge < -0.3 is 4.74 Å². The topological polar surface area (TPSA) is 35.0 Å². The van der Waals surface area contributed by atoms with Crippen LogP contribution in [0.15, 0.2) is 54.9 Å². The number of fused-ring (bicyclic) bond motifs is 1. The highest BCUT2D eigenvalue weighted by Crippen LogP contribution is 2.25. The Morgan fingerprint density at radius 1 is 0.735 bits per heavy atom. The van der Waals surface area contributed by atoms with Crippen molar-refractivity contribution >= 4 is 10.8 Å². The molecule has 0 saturated carbocycles. The molecule has 4 rings (SSSR count). The monoisotopic (exact) mass is 468 g/mol. The number of hydrogen-bond donors (Lipinski definition) is 0. The zero-order valence-electron chi connectivity index (χ0n) is 18.8. The van der Waals surface area contributed by atoms with E-state index in [4.69, 9.17) is 4.74 Å². The molecule has 7 heteroatoms. The first-order chi connectivity index (χ1) is 16.4. The van der Waals surface area contributed by atoms with Crippen molar-refractivity contribution in [3.05, 3.63) is 101 Å². The molecule has 3 nitrogen and oxygen atoms in total. The molecular formula is C27H24F4N2O. The first-order valence-electron chi connectivity index (χ1n) is 11.2. The van der Waals surface area contributed by atoms with Crippen LogP contribution in [0.4, 0.5) is 17.6 Å². The van der Waals surface area contributed by atoms with Gasteiger partial charge in [-0.1, -0.05) is 37.3 Å². The van der Waals surface area contributed by atoms with Gasteiger partial charge in [-0.3, -0.25) is 0 Å². The van der Waals surface area contributed by atoms with Crippen LogP contribution in [-0.4, -0.2) is 16.6 Å². The minimum atomic E-state index is -1.50. The van der Waals surface area contributed by atoms with Crippen LogP contribution < -0.4 is 4.74 Å². The fraction of sp³-hybridized carbons (Fsp3) is 0.259. The van der Waals surface area contributed by atoms with E-state index in [9.17, 15) is 13.2 Å². The van der Waals surface area contributed by atoms with E-state index in [1.807, 2.05) is 25.1 Å². The van der Waals surface area contributed by atoms with E-state index in [1.54, 1.807) is 24.5 Å². The van der Waals surface area contributed by atoms with Gasteiger partial charge in [0.05, 0.1) is 19.0 Å². The molecule has 4 aromatic rings. The summed E-state index contributed by atoms with van der Waals surface area (Å²) in [7, 11) is 0. The lowest BCUT2D eigenvalue weighted by atomic mass is 9.98. The largest absolute Gasteiger partial charge is 0.490 e. The molecule has 0 radical (unpaired) electrons. The van der Waals surface area contributed by atoms with E-state index in [0.29, 0.717) is 42.0 Å². The molecule has 0 aliphatic carbocycles. The summed E-state index contributed by atoms with van der Waals surface area (Å²) in [6, 6.07) is 10.9. The molecule has 1 aromatic heterocycles. The number of rotatable bonds is 9. The number of hydrogen-bond acceptors (Lipinski definition) is 3. The summed E-state index contributed by atoms with van der Waals surface area (Å²) in [5.74, 6) is -2.99. The van der Waals surface area contributed by atoms with Crippen molar-refractivity contribution in [1.82, 2.24) is 9.97 Å². The zero-order chi connectivity index (χ0) is 24.1. The lowest BCUT2D eigenvalue weighted by molar-refractivity contribution is 0.314. The Hall–Kier alpha value is -3.48. The highest BCUT2D eigenvalue weighted by molar-refractivity contribution is 5.84. The van der Waals surface area contributed by atoms with Crippen molar-refractivity contribution in [2.45, 2.75) is 39.0 Å². The summed E-state index contributed by atoms with van der Waals surface area (Å²) < 4.78 is 60.5. The maximum Gasteiger partial charge on any atom is 0.194 e. The normalized spacial score (nSPS) is 11.2. The first-order valence-corrected chi connectivity index (χ1v) is 11.2. The van der Waals surface area contributed by atoms with E-state index < -0.39 is 17.5 Å². The molecule has 0 aliphatic heterocycles. The molecule has 0 fully saturated rings. The lowest BCUT2D eigenvalue weighted by Gasteiger charge is -2.09.